The first-order valence-electron chi connectivity index (χ1n) is 8.68. The van der Waals surface area contributed by atoms with Crippen LogP contribution in [0.5, 0.6) is 5.75 Å². The average Bonchev–Trinajstić information content (AvgIpc) is 2.65. The molecule has 0 radical (unpaired) electrons. The highest BCUT2D eigenvalue weighted by Crippen LogP contribution is 2.19. The number of nitrogens with one attached hydrogen (secondary N) is 1. The fraction of sp³-hybridized carbons (Fsp3) is 0.333. The molecule has 0 fully saturated rings. The molecule has 5 nitrogen and oxygen atoms in total. The maximum Gasteiger partial charge on any atom is 0.314 e. The minimum atomic E-state index is -0.550. The van der Waals surface area contributed by atoms with Crippen LogP contribution < -0.4 is 10.1 Å². The minimum Gasteiger partial charge on any atom is -0.457 e. The summed E-state index contributed by atoms with van der Waals surface area (Å²) < 4.78 is 10.5. The number of hydrogen-bond donors (Lipinski definition) is 1. The van der Waals surface area contributed by atoms with Gasteiger partial charge in [0.2, 0.25) is 6.79 Å². The predicted octanol–water partition coefficient (Wildman–Crippen LogP) is 4.76. The van der Waals surface area contributed by atoms with Gasteiger partial charge in [-0.05, 0) is 44.0 Å². The Morgan fingerprint density at radius 1 is 0.963 bits per heavy atom. The molecule has 0 heterocycles. The third kappa shape index (κ3) is 7.74. The molecule has 0 saturated heterocycles. The smallest absolute Gasteiger partial charge is 0.314 e. The van der Waals surface area contributed by atoms with Crippen molar-refractivity contribution in [3.63, 3.8) is 0 Å². The minimum absolute atomic E-state index is 0.0618. The Hall–Kier alpha value is -2.47. The lowest BCUT2D eigenvalue weighted by atomic mass is 9.98. The van der Waals surface area contributed by atoms with Crippen LogP contribution in [0.25, 0.3) is 0 Å². The van der Waals surface area contributed by atoms with Crippen molar-refractivity contribution in [2.75, 3.05) is 6.79 Å². The molecule has 144 valence electrons. The molecule has 0 unspecified atom stereocenters. The number of esters is 1. The first-order valence-corrected chi connectivity index (χ1v) is 9.66. The van der Waals surface area contributed by atoms with Crippen LogP contribution >= 0.6 is 11.8 Å². The van der Waals surface area contributed by atoms with Crippen LogP contribution in [0.2, 0.25) is 0 Å². The molecule has 27 heavy (non-hydrogen) atoms. The Morgan fingerprint density at radius 2 is 1.63 bits per heavy atom. The molecule has 0 atom stereocenters. The molecule has 0 aromatic heterocycles. The van der Waals surface area contributed by atoms with Crippen molar-refractivity contribution in [1.82, 2.24) is 5.32 Å². The molecule has 0 aliphatic carbocycles. The van der Waals surface area contributed by atoms with Crippen LogP contribution in [0.3, 0.4) is 0 Å². The molecule has 0 bridgehead atoms. The molecular weight excluding hydrogens is 362 g/mol. The fourth-order valence-corrected chi connectivity index (χ4v) is 2.68. The van der Waals surface area contributed by atoms with E-state index in [4.69, 9.17) is 9.47 Å². The lowest BCUT2D eigenvalue weighted by molar-refractivity contribution is -0.159. The highest BCUT2D eigenvalue weighted by atomic mass is 32.2. The van der Waals surface area contributed by atoms with Gasteiger partial charge in [0.1, 0.15) is 5.75 Å². The van der Waals surface area contributed by atoms with Gasteiger partial charge >= 0.3 is 5.97 Å². The van der Waals surface area contributed by atoms with Gasteiger partial charge in [0.25, 0.3) is 5.24 Å². The largest absolute Gasteiger partial charge is 0.457 e. The van der Waals surface area contributed by atoms with Crippen molar-refractivity contribution in [1.29, 1.82) is 0 Å². The summed E-state index contributed by atoms with van der Waals surface area (Å²) >= 11 is 1.22. The Balaban J connectivity index is 1.69. The highest BCUT2D eigenvalue weighted by Gasteiger charge is 2.22. The summed E-state index contributed by atoms with van der Waals surface area (Å²) in [6, 6.07) is 17.2. The van der Waals surface area contributed by atoms with Gasteiger partial charge in [-0.25, -0.2) is 0 Å². The molecule has 1 N–H and O–H groups in total. The number of amides is 1. The Bertz CT molecular complexity index is 739. The number of carbonyl (C=O) groups excluding carboxylic acids is 2. The monoisotopic (exact) mass is 387 g/mol. The number of thioether (sulfide) groups is 1. The van der Waals surface area contributed by atoms with E-state index in [0.717, 1.165) is 11.1 Å². The zero-order valence-corrected chi connectivity index (χ0v) is 16.7. The van der Waals surface area contributed by atoms with Crippen LogP contribution in [-0.2, 0) is 21.8 Å². The van der Waals surface area contributed by atoms with E-state index in [9.17, 15) is 9.59 Å². The van der Waals surface area contributed by atoms with Crippen molar-refractivity contribution in [3.05, 3.63) is 65.7 Å². The molecule has 2 aromatic rings. The quantitative estimate of drug-likeness (QED) is 0.548. The summed E-state index contributed by atoms with van der Waals surface area (Å²) in [4.78, 5) is 23.6. The van der Waals surface area contributed by atoms with Crippen molar-refractivity contribution in [3.8, 4) is 5.75 Å². The van der Waals surface area contributed by atoms with E-state index in [1.807, 2.05) is 42.5 Å². The van der Waals surface area contributed by atoms with Gasteiger partial charge in [-0.15, -0.1) is 0 Å². The molecule has 0 aliphatic rings. The van der Waals surface area contributed by atoms with Gasteiger partial charge in [-0.1, -0.05) is 54.2 Å². The Kier molecular flexibility index (Phi) is 7.73. The summed E-state index contributed by atoms with van der Waals surface area (Å²) in [5.74, 6) is 0.871. The van der Waals surface area contributed by atoms with Gasteiger partial charge in [-0.2, -0.15) is 0 Å². The molecule has 0 saturated carbocycles. The van der Waals surface area contributed by atoms with E-state index in [0.29, 0.717) is 18.0 Å². The summed E-state index contributed by atoms with van der Waals surface area (Å²) in [6.45, 7) is 5.77. The lowest BCUT2D eigenvalue weighted by Crippen LogP contribution is -2.24. The first kappa shape index (κ1) is 20.8. The Labute approximate surface area is 164 Å². The second-order valence-electron chi connectivity index (χ2n) is 7.00. The maximum atomic E-state index is 11.9. The fourth-order valence-electron chi connectivity index (χ4n) is 2.02. The SMILES string of the molecule is CC(C)(C)C(=O)OCOc1ccc(CSC(=O)NCc2ccccc2)cc1. The van der Waals surface area contributed by atoms with Gasteiger partial charge in [-0.3, -0.25) is 9.59 Å². The van der Waals surface area contributed by atoms with Crippen LogP contribution in [0.1, 0.15) is 31.9 Å². The summed E-state index contributed by atoms with van der Waals surface area (Å²) in [5.41, 5.74) is 1.53. The summed E-state index contributed by atoms with van der Waals surface area (Å²) in [5, 5.41) is 2.82. The highest BCUT2D eigenvalue weighted by molar-refractivity contribution is 8.12. The number of benzene rings is 2. The normalized spacial score (nSPS) is 10.9. The van der Waals surface area contributed by atoms with E-state index in [2.05, 4.69) is 5.32 Å². The average molecular weight is 388 g/mol. The second-order valence-corrected chi connectivity index (χ2v) is 7.95. The van der Waals surface area contributed by atoms with Crippen LogP contribution in [0.4, 0.5) is 4.79 Å². The standard InChI is InChI=1S/C21H25NO4S/c1-21(2,3)19(23)26-15-25-18-11-9-17(10-12-18)14-27-20(24)22-13-16-7-5-4-6-8-16/h4-12H,13-15H2,1-3H3,(H,22,24). The van der Waals surface area contributed by atoms with Crippen molar-refractivity contribution in [2.24, 2.45) is 5.41 Å². The number of carbonyl (C=O) groups is 2. The third-order valence-corrected chi connectivity index (χ3v) is 4.49. The second kappa shape index (κ2) is 10.0. The predicted molar refractivity (Wildman–Crippen MR) is 107 cm³/mol. The van der Waals surface area contributed by atoms with E-state index in [-0.39, 0.29) is 18.0 Å². The summed E-state index contributed by atoms with van der Waals surface area (Å²) in [7, 11) is 0. The summed E-state index contributed by atoms with van der Waals surface area (Å²) in [6.07, 6.45) is 0. The van der Waals surface area contributed by atoms with Crippen molar-refractivity contribution >= 4 is 23.0 Å². The van der Waals surface area contributed by atoms with Crippen LogP contribution in [-0.4, -0.2) is 18.0 Å². The van der Waals surface area contributed by atoms with E-state index in [1.165, 1.54) is 11.8 Å². The topological polar surface area (TPSA) is 64.6 Å². The number of hydrogen-bond acceptors (Lipinski definition) is 5. The van der Waals surface area contributed by atoms with Gasteiger partial charge in [0, 0.05) is 12.3 Å². The first-order chi connectivity index (χ1) is 12.8. The Morgan fingerprint density at radius 3 is 2.26 bits per heavy atom. The van der Waals surface area contributed by atoms with Gasteiger partial charge in [0.05, 0.1) is 5.41 Å². The molecule has 2 aromatic carbocycles. The van der Waals surface area contributed by atoms with E-state index < -0.39 is 5.41 Å². The molecule has 0 aliphatic heterocycles. The zero-order valence-electron chi connectivity index (χ0n) is 15.9. The lowest BCUT2D eigenvalue weighted by Gasteiger charge is -2.16. The molecule has 6 heteroatoms. The molecule has 0 spiro atoms. The van der Waals surface area contributed by atoms with E-state index >= 15 is 0 Å². The van der Waals surface area contributed by atoms with Gasteiger partial charge < -0.3 is 14.8 Å². The molecular formula is C21H25NO4S. The van der Waals surface area contributed by atoms with Crippen molar-refractivity contribution < 1.29 is 19.1 Å². The maximum absolute atomic E-state index is 11.9. The number of rotatable bonds is 7. The molecule has 2 rings (SSSR count). The van der Waals surface area contributed by atoms with Crippen molar-refractivity contribution in [2.45, 2.75) is 33.1 Å². The van der Waals surface area contributed by atoms with Crippen LogP contribution in [0.15, 0.2) is 54.6 Å². The third-order valence-electron chi connectivity index (χ3n) is 3.60. The number of ether oxygens (including phenoxy) is 2. The van der Waals surface area contributed by atoms with Gasteiger partial charge in [0.15, 0.2) is 0 Å². The zero-order chi connectivity index (χ0) is 19.7. The van der Waals surface area contributed by atoms with E-state index in [1.54, 1.807) is 32.9 Å². The van der Waals surface area contributed by atoms with Crippen LogP contribution in [0, 0.1) is 5.41 Å². The molecule has 1 amide bonds.